The Kier molecular flexibility index (Phi) is 30.7. The first-order chi connectivity index (χ1) is 63.2. The molecule has 9 aromatic carbocycles. The van der Waals surface area contributed by atoms with Crippen molar-refractivity contribution in [2.75, 3.05) is 4.90 Å². The number of hydrogen-bond acceptors (Lipinski definition) is 4. The van der Waals surface area contributed by atoms with Gasteiger partial charge in [-0.3, -0.25) is 0 Å². The van der Waals surface area contributed by atoms with E-state index in [-0.39, 0.29) is 27.8 Å². The number of ether oxygens (including phenoxy) is 1. The molecule has 0 N–H and O–H groups in total. The molecule has 2 aromatic heterocycles. The summed E-state index contributed by atoms with van der Waals surface area (Å²) in [6.07, 6.45) is 71.1. The molecule has 0 radical (unpaired) electrons. The zero-order valence-corrected chi connectivity index (χ0v) is 80.9. The average Bonchev–Trinajstić information content (AvgIpc) is 1.51. The van der Waals surface area contributed by atoms with Crippen molar-refractivity contribution in [3.8, 4) is 50.3 Å². The van der Waals surface area contributed by atoms with E-state index in [1.165, 1.54) is 402 Å². The molecule has 128 heavy (non-hydrogen) atoms. The van der Waals surface area contributed by atoms with Gasteiger partial charge in [-0.05, 0) is 202 Å². The Morgan fingerprint density at radius 3 is 1.18 bits per heavy atom. The topological polar surface area (TPSA) is 38.8 Å². The predicted octanol–water partition coefficient (Wildman–Crippen LogP) is 39.3. The first-order valence-corrected chi connectivity index (χ1v) is 53.7. The Labute approximate surface area is 773 Å². The summed E-state index contributed by atoms with van der Waals surface area (Å²) in [6, 6.07) is 64.3. The fraction of sp³-hybridized carbons (Fsp3) is 0.532. The summed E-state index contributed by atoms with van der Waals surface area (Å²) in [5, 5.41) is 5.23. The van der Waals surface area contributed by atoms with E-state index in [9.17, 15) is 0 Å². The molecule has 0 spiro atoms. The molecule has 6 aliphatic rings. The van der Waals surface area contributed by atoms with Crippen LogP contribution in [0.5, 0.6) is 5.75 Å². The van der Waals surface area contributed by atoms with Gasteiger partial charge in [0, 0.05) is 83.4 Å². The lowest BCUT2D eigenvalue weighted by Crippen LogP contribution is -2.33. The lowest BCUT2D eigenvalue weighted by atomic mass is 9.62. The van der Waals surface area contributed by atoms with Crippen molar-refractivity contribution in [1.29, 1.82) is 0 Å². The fourth-order valence-corrected chi connectivity index (χ4v) is 26.2. The number of furan rings is 2. The largest absolute Gasteiger partial charge is 0.485 e. The van der Waals surface area contributed by atoms with E-state index in [1.54, 1.807) is 44.5 Å². The summed E-state index contributed by atoms with van der Waals surface area (Å²) < 4.78 is 22.2. The second-order valence-corrected chi connectivity index (χ2v) is 41.2. The normalized spacial score (nSPS) is 15.9. The molecular formula is C124H159NO3. The number of unbranched alkanes of at least 4 members (excludes halogenated alkanes) is 36. The molecule has 1 aliphatic heterocycles. The standard InChI is InChI=1S/C124H159NO3/c1-9-17-25-33-41-53-77-121(78-54-42-34-26-18-10-2)103-75-76-111-114(98-63-47-51-67-109(98)126-111)113(103)101-89-106-100(88-107(101)121)93-72-69-90(85-104(93)122(106,79-55-43-35-27-19-11-3)80-56-44-36-28-20-12-4)125(92-70-73-95-94-61-46-50-66-108(94)127-112(95)87-92)91-71-74-97-105(86-91)124(83-59-39-31-23-15-7,84-60-40-32-24-16-8)119-117(97)120-116(99-64-48-52-68-110(99)128-120)115-96-62-45-49-65-102(96)123(118(115)119,81-57-37-29-21-13-5)82-58-38-30-22-14-6/h45-52,61-76,85-86,88-89,112H,9-44,53-60,77-84,87H2,1-8H3. The van der Waals surface area contributed by atoms with Crippen LogP contribution in [-0.2, 0) is 21.7 Å². The summed E-state index contributed by atoms with van der Waals surface area (Å²) in [7, 11) is 0. The zero-order valence-electron chi connectivity index (χ0n) is 80.9. The molecule has 0 amide bonds. The summed E-state index contributed by atoms with van der Waals surface area (Å²) in [5.74, 6) is 1.01. The SMILES string of the molecule is CCCCCCCCC1(CCCCCCCC)c2cc(N(C3=CC=C4c5ccccc5OC4C3)c3ccc4c(c3)C(CCCCCCC)(CCCCCCC)c3c5c(c6c(oc7ccccc76)c3-4)-c3ccccc3C5(CCCCCCC)CCCCCCC)ccc2-c2cc3c(cc21)-c1c(ccc2oc4ccccc4c12)C3(CCCCCCCC)CCCCCCCC. The van der Waals surface area contributed by atoms with E-state index in [0.29, 0.717) is 0 Å². The van der Waals surface area contributed by atoms with E-state index in [2.05, 4.69) is 230 Å². The van der Waals surface area contributed by atoms with Crippen LogP contribution in [0.15, 0.2) is 184 Å². The van der Waals surface area contributed by atoms with Crippen LogP contribution in [0, 0.1) is 0 Å². The molecule has 678 valence electrons. The van der Waals surface area contributed by atoms with Crippen LogP contribution in [0.25, 0.3) is 94.0 Å². The maximum atomic E-state index is 7.83. The van der Waals surface area contributed by atoms with Crippen LogP contribution in [0.3, 0.4) is 0 Å². The van der Waals surface area contributed by atoms with Gasteiger partial charge in [0.2, 0.25) is 0 Å². The van der Waals surface area contributed by atoms with Crippen LogP contribution in [0.2, 0.25) is 0 Å². The lowest BCUT2D eigenvalue weighted by molar-refractivity contribution is 0.274. The molecule has 5 aliphatic carbocycles. The molecule has 1 unspecified atom stereocenters. The lowest BCUT2D eigenvalue weighted by Gasteiger charge is -2.40. The second kappa shape index (κ2) is 42.9. The number of nitrogens with zero attached hydrogens (tertiary/aromatic N) is 1. The van der Waals surface area contributed by atoms with Gasteiger partial charge in [-0.15, -0.1) is 0 Å². The highest BCUT2D eigenvalue weighted by Crippen LogP contribution is 2.69. The van der Waals surface area contributed by atoms with E-state index in [0.717, 1.165) is 60.2 Å². The summed E-state index contributed by atoms with van der Waals surface area (Å²) >= 11 is 0. The minimum absolute atomic E-state index is 0.100. The molecule has 1 atom stereocenters. The molecule has 0 saturated heterocycles. The Morgan fingerprint density at radius 2 is 0.656 bits per heavy atom. The van der Waals surface area contributed by atoms with Crippen LogP contribution in [-0.4, -0.2) is 6.10 Å². The van der Waals surface area contributed by atoms with Crippen molar-refractivity contribution < 1.29 is 13.6 Å². The van der Waals surface area contributed by atoms with Crippen molar-refractivity contribution in [1.82, 2.24) is 0 Å². The molecule has 4 heteroatoms. The molecule has 4 nitrogen and oxygen atoms in total. The number of hydrogen-bond donors (Lipinski definition) is 0. The van der Waals surface area contributed by atoms with Gasteiger partial charge in [-0.25, -0.2) is 0 Å². The summed E-state index contributed by atoms with van der Waals surface area (Å²) in [6.45, 7) is 19.1. The number of fused-ring (bicyclic) bond motifs is 25. The smallest absolute Gasteiger partial charge is 0.144 e. The van der Waals surface area contributed by atoms with Crippen LogP contribution >= 0.6 is 0 Å². The van der Waals surface area contributed by atoms with Gasteiger partial charge in [-0.1, -0.05) is 441 Å². The summed E-state index contributed by atoms with van der Waals surface area (Å²) in [4.78, 5) is 2.83. The number of para-hydroxylation sites is 3. The van der Waals surface area contributed by atoms with Gasteiger partial charge in [0.1, 0.15) is 34.2 Å². The Morgan fingerprint density at radius 1 is 0.273 bits per heavy atom. The van der Waals surface area contributed by atoms with Crippen molar-refractivity contribution in [3.63, 3.8) is 0 Å². The fourth-order valence-electron chi connectivity index (χ4n) is 26.2. The molecule has 17 rings (SSSR count). The van der Waals surface area contributed by atoms with Gasteiger partial charge in [-0.2, -0.15) is 0 Å². The molecule has 0 saturated carbocycles. The van der Waals surface area contributed by atoms with E-state index in [1.807, 2.05) is 0 Å². The molecule has 3 heterocycles. The first-order valence-electron chi connectivity index (χ1n) is 53.7. The number of allylic oxidation sites excluding steroid dienone is 2. The van der Waals surface area contributed by atoms with Crippen molar-refractivity contribution >= 4 is 60.8 Å². The number of anilines is 2. The maximum Gasteiger partial charge on any atom is 0.144 e. The molecule has 0 fully saturated rings. The quantitative estimate of drug-likeness (QED) is 0.0356. The van der Waals surface area contributed by atoms with Crippen molar-refractivity contribution in [2.45, 2.75) is 423 Å². The predicted molar refractivity (Wildman–Crippen MR) is 551 cm³/mol. The van der Waals surface area contributed by atoms with Gasteiger partial charge >= 0.3 is 0 Å². The van der Waals surface area contributed by atoms with Gasteiger partial charge in [0.25, 0.3) is 0 Å². The highest BCUT2D eigenvalue weighted by atomic mass is 16.5. The zero-order chi connectivity index (χ0) is 87.9. The van der Waals surface area contributed by atoms with Crippen molar-refractivity contribution in [3.05, 3.63) is 226 Å². The second-order valence-electron chi connectivity index (χ2n) is 41.2. The Bertz CT molecular complexity index is 5560. The van der Waals surface area contributed by atoms with Gasteiger partial charge in [0.15, 0.2) is 0 Å². The van der Waals surface area contributed by atoms with Gasteiger partial charge < -0.3 is 18.5 Å². The minimum atomic E-state index is -0.292. The van der Waals surface area contributed by atoms with Gasteiger partial charge in [0.05, 0.1) is 0 Å². The van der Waals surface area contributed by atoms with E-state index < -0.39 is 0 Å². The third-order valence-corrected chi connectivity index (χ3v) is 32.7. The van der Waals surface area contributed by atoms with Crippen LogP contribution < -0.4 is 9.64 Å². The van der Waals surface area contributed by atoms with E-state index in [4.69, 9.17) is 13.6 Å². The average molecular weight is 1710 g/mol. The minimum Gasteiger partial charge on any atom is -0.485 e. The third kappa shape index (κ3) is 17.8. The Balaban J connectivity index is 0.916. The molecule has 0 bridgehead atoms. The highest BCUT2D eigenvalue weighted by molar-refractivity contribution is 6.21. The monoisotopic (exact) mass is 1710 g/mol. The first kappa shape index (κ1) is 91.5. The maximum absolute atomic E-state index is 7.83. The highest BCUT2D eigenvalue weighted by Gasteiger charge is 2.55. The third-order valence-electron chi connectivity index (χ3n) is 32.7. The number of benzene rings is 9. The van der Waals surface area contributed by atoms with Crippen LogP contribution in [0.1, 0.15) is 446 Å². The summed E-state index contributed by atoms with van der Waals surface area (Å²) in [5.41, 5.74) is 34.5. The molecular weight excluding hydrogens is 1550 g/mol. The van der Waals surface area contributed by atoms with Crippen LogP contribution in [0.4, 0.5) is 11.4 Å². The Hall–Kier alpha value is -8.34. The van der Waals surface area contributed by atoms with Crippen molar-refractivity contribution in [2.24, 2.45) is 0 Å². The molecule has 11 aromatic rings. The van der Waals surface area contributed by atoms with E-state index >= 15 is 0 Å². The number of rotatable bonds is 55.